The highest BCUT2D eigenvalue weighted by Gasteiger charge is 2.48. The van der Waals surface area contributed by atoms with Crippen LogP contribution in [0.2, 0.25) is 0 Å². The number of hydrogen-bond acceptors (Lipinski definition) is 11. The maximum atomic E-state index is 13.4. The van der Waals surface area contributed by atoms with Gasteiger partial charge in [0.15, 0.2) is 23.0 Å². The largest absolute Gasteiger partial charge is 0.495 e. The molecule has 0 aliphatic carbocycles. The number of ether oxygens (including phenoxy) is 4. The van der Waals surface area contributed by atoms with Crippen LogP contribution in [0.1, 0.15) is 30.6 Å². The molecule has 1 aromatic heterocycles. The van der Waals surface area contributed by atoms with E-state index in [4.69, 9.17) is 23.4 Å². The monoisotopic (exact) mass is 559 g/mol. The van der Waals surface area contributed by atoms with Crippen LogP contribution in [0.4, 0.5) is 0 Å². The quantitative estimate of drug-likeness (QED) is 0.253. The minimum absolute atomic E-state index is 0.0117. The second-order valence-electron chi connectivity index (χ2n) is 9.30. The summed E-state index contributed by atoms with van der Waals surface area (Å²) in [6.45, 7) is 1.55. The van der Waals surface area contributed by atoms with E-state index < -0.39 is 48.5 Å². The maximum Gasteiger partial charge on any atom is 0.251 e. The van der Waals surface area contributed by atoms with Gasteiger partial charge in [0.25, 0.3) is 5.91 Å². The predicted octanol–water partition coefficient (Wildman–Crippen LogP) is 1.03. The van der Waals surface area contributed by atoms with Crippen molar-refractivity contribution in [2.45, 2.75) is 50.5 Å². The van der Waals surface area contributed by atoms with Crippen LogP contribution in [0, 0.1) is 0 Å². The molecule has 2 aromatic carbocycles. The highest BCUT2D eigenvalue weighted by Crippen LogP contribution is 2.43. The summed E-state index contributed by atoms with van der Waals surface area (Å²) in [5, 5.41) is 44.8. The Balaban J connectivity index is 1.86. The van der Waals surface area contributed by atoms with Crippen LogP contribution in [0.15, 0.2) is 39.5 Å². The summed E-state index contributed by atoms with van der Waals surface area (Å²) in [4.78, 5) is 26.1. The van der Waals surface area contributed by atoms with Crippen molar-refractivity contribution in [2.24, 2.45) is 0 Å². The molecular formula is C28H33NO11. The molecule has 1 aliphatic heterocycles. The van der Waals surface area contributed by atoms with Crippen molar-refractivity contribution >= 4 is 16.9 Å². The van der Waals surface area contributed by atoms with E-state index in [-0.39, 0.29) is 33.6 Å². The average molecular weight is 560 g/mol. The number of carbonyl (C=O) groups is 1. The van der Waals surface area contributed by atoms with Crippen molar-refractivity contribution < 1.29 is 48.6 Å². The molecule has 1 aliphatic rings. The summed E-state index contributed by atoms with van der Waals surface area (Å²) < 4.78 is 28.1. The van der Waals surface area contributed by atoms with E-state index in [1.54, 1.807) is 18.2 Å². The Morgan fingerprint density at radius 1 is 0.975 bits per heavy atom. The van der Waals surface area contributed by atoms with Crippen LogP contribution in [0.25, 0.3) is 22.3 Å². The summed E-state index contributed by atoms with van der Waals surface area (Å²) in [6, 6.07) is 7.65. The summed E-state index contributed by atoms with van der Waals surface area (Å²) in [5.41, 5.74) is 0.281. The lowest BCUT2D eigenvalue weighted by Crippen LogP contribution is -2.59. The van der Waals surface area contributed by atoms with Gasteiger partial charge in [-0.25, -0.2) is 0 Å². The van der Waals surface area contributed by atoms with Gasteiger partial charge in [-0.05, 0) is 36.2 Å². The van der Waals surface area contributed by atoms with Gasteiger partial charge >= 0.3 is 0 Å². The Labute approximate surface area is 229 Å². The Hall–Kier alpha value is -3.68. The molecule has 0 spiro atoms. The fourth-order valence-corrected chi connectivity index (χ4v) is 4.82. The molecule has 1 saturated heterocycles. The van der Waals surface area contributed by atoms with Gasteiger partial charge < -0.3 is 49.1 Å². The Morgan fingerprint density at radius 2 is 1.70 bits per heavy atom. The van der Waals surface area contributed by atoms with Crippen LogP contribution in [0.5, 0.6) is 17.2 Å². The summed E-state index contributed by atoms with van der Waals surface area (Å²) in [7, 11) is 4.27. The van der Waals surface area contributed by atoms with E-state index in [1.807, 2.05) is 6.92 Å². The average Bonchev–Trinajstić information content (AvgIpc) is 2.97. The zero-order valence-corrected chi connectivity index (χ0v) is 22.5. The molecule has 12 nitrogen and oxygen atoms in total. The molecule has 3 aromatic rings. The number of hydrogen-bond donors (Lipinski definition) is 5. The molecule has 0 saturated carbocycles. The van der Waals surface area contributed by atoms with Crippen LogP contribution in [-0.2, 0) is 16.1 Å². The lowest BCUT2D eigenvalue weighted by atomic mass is 9.87. The highest BCUT2D eigenvalue weighted by molar-refractivity contribution is 5.88. The van der Waals surface area contributed by atoms with E-state index in [2.05, 4.69) is 5.32 Å². The molecule has 5 unspecified atom stereocenters. The molecule has 0 bridgehead atoms. The predicted molar refractivity (Wildman–Crippen MR) is 142 cm³/mol. The molecule has 2 heterocycles. The van der Waals surface area contributed by atoms with Gasteiger partial charge in [-0.1, -0.05) is 6.92 Å². The molecule has 40 heavy (non-hydrogen) atoms. The first-order chi connectivity index (χ1) is 19.2. The van der Waals surface area contributed by atoms with Crippen molar-refractivity contribution in [1.29, 1.82) is 0 Å². The third-order valence-electron chi connectivity index (χ3n) is 6.85. The van der Waals surface area contributed by atoms with Crippen LogP contribution in [-0.4, -0.2) is 78.6 Å². The third kappa shape index (κ3) is 5.23. The Kier molecular flexibility index (Phi) is 8.96. The van der Waals surface area contributed by atoms with Gasteiger partial charge in [0.05, 0.1) is 27.9 Å². The molecule has 216 valence electrons. The van der Waals surface area contributed by atoms with Crippen molar-refractivity contribution in [1.82, 2.24) is 5.32 Å². The molecule has 1 amide bonds. The number of nitrogens with one attached hydrogen (secondary N) is 1. The number of fused-ring (bicyclic) bond motifs is 1. The SMILES string of the molecule is CCCNC(=O)C1OC(c2c(CO)cc3oc(-c4ccc(OC)c(OC)c4)cc(=O)c3c2OC)C(O)C(O)C1O. The van der Waals surface area contributed by atoms with E-state index in [1.165, 1.54) is 33.5 Å². The van der Waals surface area contributed by atoms with Gasteiger partial charge in [0.2, 0.25) is 0 Å². The number of amides is 1. The zero-order valence-electron chi connectivity index (χ0n) is 22.5. The van der Waals surface area contributed by atoms with Gasteiger partial charge in [-0.3, -0.25) is 9.59 Å². The second kappa shape index (κ2) is 12.2. The molecular weight excluding hydrogens is 526 g/mol. The fraction of sp³-hybridized carbons (Fsp3) is 0.429. The second-order valence-corrected chi connectivity index (χ2v) is 9.30. The van der Waals surface area contributed by atoms with Gasteiger partial charge in [-0.15, -0.1) is 0 Å². The lowest BCUT2D eigenvalue weighted by Gasteiger charge is -2.41. The van der Waals surface area contributed by atoms with Gasteiger partial charge in [-0.2, -0.15) is 0 Å². The number of rotatable bonds is 9. The first-order valence-corrected chi connectivity index (χ1v) is 12.7. The molecule has 5 N–H and O–H groups in total. The molecule has 5 atom stereocenters. The highest BCUT2D eigenvalue weighted by atomic mass is 16.5. The minimum Gasteiger partial charge on any atom is -0.495 e. The smallest absolute Gasteiger partial charge is 0.251 e. The molecule has 12 heteroatoms. The van der Waals surface area contributed by atoms with Crippen LogP contribution in [0.3, 0.4) is 0 Å². The van der Waals surface area contributed by atoms with E-state index in [0.29, 0.717) is 30.0 Å². The van der Waals surface area contributed by atoms with Crippen molar-refractivity contribution in [2.75, 3.05) is 27.9 Å². The number of aliphatic hydroxyl groups is 4. The van der Waals surface area contributed by atoms with Crippen LogP contribution < -0.4 is 25.0 Å². The van der Waals surface area contributed by atoms with Crippen molar-refractivity contribution in [3.05, 3.63) is 51.7 Å². The topological polar surface area (TPSA) is 177 Å². The van der Waals surface area contributed by atoms with Crippen molar-refractivity contribution in [3.63, 3.8) is 0 Å². The Bertz CT molecular complexity index is 1440. The minimum atomic E-state index is -1.77. The first kappa shape index (κ1) is 29.3. The third-order valence-corrected chi connectivity index (χ3v) is 6.85. The van der Waals surface area contributed by atoms with E-state index in [0.717, 1.165) is 0 Å². The summed E-state index contributed by atoms with van der Waals surface area (Å²) in [6.07, 6.45) is -7.57. The molecule has 1 fully saturated rings. The first-order valence-electron chi connectivity index (χ1n) is 12.7. The molecule has 4 rings (SSSR count). The zero-order chi connectivity index (χ0) is 29.1. The normalized spacial score (nSPS) is 22.6. The number of methoxy groups -OCH3 is 3. The van der Waals surface area contributed by atoms with E-state index >= 15 is 0 Å². The van der Waals surface area contributed by atoms with Crippen molar-refractivity contribution in [3.8, 4) is 28.6 Å². The number of carbonyl (C=O) groups excluding carboxylic acids is 1. The standard InChI is InChI=1S/C28H33NO11/c1-5-8-29-28(35)27-24(34)22(32)23(33)26(40-27)20-14(12-30)10-19-21(25(20)38-4)15(31)11-17(39-19)13-6-7-16(36-2)18(9-13)37-3/h6-7,9-11,22-24,26-27,30,32-34H,5,8,12H2,1-4H3,(H,29,35). The summed E-state index contributed by atoms with van der Waals surface area (Å²) >= 11 is 0. The van der Waals surface area contributed by atoms with Crippen LogP contribution >= 0.6 is 0 Å². The summed E-state index contributed by atoms with van der Waals surface area (Å²) in [5.74, 6) is 0.359. The lowest BCUT2D eigenvalue weighted by molar-refractivity contribution is -0.223. The maximum absolute atomic E-state index is 13.4. The number of benzene rings is 2. The fourth-order valence-electron chi connectivity index (χ4n) is 4.82. The van der Waals surface area contributed by atoms with E-state index in [9.17, 15) is 30.0 Å². The molecule has 0 radical (unpaired) electrons. The van der Waals surface area contributed by atoms with Gasteiger partial charge in [0, 0.05) is 23.7 Å². The van der Waals surface area contributed by atoms with Gasteiger partial charge in [0.1, 0.15) is 46.9 Å². The number of aliphatic hydroxyl groups excluding tert-OH is 4. The Morgan fingerprint density at radius 3 is 2.33 bits per heavy atom.